The van der Waals surface area contributed by atoms with Gasteiger partial charge in [-0.2, -0.15) is 11.8 Å². The van der Waals surface area contributed by atoms with Crippen molar-refractivity contribution in [3.8, 4) is 0 Å². The van der Waals surface area contributed by atoms with Crippen LogP contribution in [0.4, 0.5) is 0 Å². The van der Waals surface area contributed by atoms with Crippen LogP contribution in [0.25, 0.3) is 0 Å². The molecule has 1 nitrogen and oxygen atoms in total. The molecule has 0 aromatic rings. The van der Waals surface area contributed by atoms with Crippen molar-refractivity contribution in [2.24, 2.45) is 11.7 Å². The zero-order valence-electron chi connectivity index (χ0n) is 8.25. The van der Waals surface area contributed by atoms with Crippen LogP contribution >= 0.6 is 11.8 Å². The predicted molar refractivity (Wildman–Crippen MR) is 57.5 cm³/mol. The molecular weight excluding hydrogens is 166 g/mol. The van der Waals surface area contributed by atoms with E-state index >= 15 is 0 Å². The average molecular weight is 187 g/mol. The average Bonchev–Trinajstić information content (AvgIpc) is 2.51. The van der Waals surface area contributed by atoms with Crippen LogP contribution < -0.4 is 5.73 Å². The van der Waals surface area contributed by atoms with Crippen LogP contribution in [0.5, 0.6) is 0 Å². The molecule has 0 saturated heterocycles. The van der Waals surface area contributed by atoms with Gasteiger partial charge in [0.1, 0.15) is 0 Å². The summed E-state index contributed by atoms with van der Waals surface area (Å²) in [6, 6.07) is 0.344. The van der Waals surface area contributed by atoms with Crippen molar-refractivity contribution >= 4 is 11.8 Å². The predicted octanol–water partition coefficient (Wildman–Crippen LogP) is 2.65. The molecule has 0 radical (unpaired) electrons. The lowest BCUT2D eigenvalue weighted by Crippen LogP contribution is -2.27. The highest BCUT2D eigenvalue weighted by atomic mass is 32.2. The number of hydrogen-bond acceptors (Lipinski definition) is 2. The van der Waals surface area contributed by atoms with Crippen LogP contribution in [0, 0.1) is 5.92 Å². The van der Waals surface area contributed by atoms with Crippen molar-refractivity contribution in [3.05, 3.63) is 0 Å². The van der Waals surface area contributed by atoms with Gasteiger partial charge in [0.15, 0.2) is 0 Å². The molecule has 2 heteroatoms. The van der Waals surface area contributed by atoms with Crippen molar-refractivity contribution in [2.75, 3.05) is 5.75 Å². The van der Waals surface area contributed by atoms with Gasteiger partial charge in [0.25, 0.3) is 0 Å². The van der Waals surface area contributed by atoms with Gasteiger partial charge in [-0.25, -0.2) is 0 Å². The summed E-state index contributed by atoms with van der Waals surface area (Å²) in [7, 11) is 0. The van der Waals surface area contributed by atoms with E-state index in [4.69, 9.17) is 5.73 Å². The Labute approximate surface area is 80.5 Å². The number of hydrogen-bond donors (Lipinski definition) is 1. The first-order chi connectivity index (χ1) is 5.70. The van der Waals surface area contributed by atoms with Crippen molar-refractivity contribution in [1.82, 2.24) is 0 Å². The first-order valence-electron chi connectivity index (χ1n) is 5.07. The van der Waals surface area contributed by atoms with E-state index in [1.165, 1.54) is 31.4 Å². The summed E-state index contributed by atoms with van der Waals surface area (Å²) in [4.78, 5) is 0. The number of thioether (sulfide) groups is 1. The first kappa shape index (κ1) is 10.4. The SMILES string of the molecule is CC(N)C(C)SCC1CCCC1. The summed E-state index contributed by atoms with van der Waals surface area (Å²) >= 11 is 2.06. The van der Waals surface area contributed by atoms with Crippen LogP contribution in [0.3, 0.4) is 0 Å². The highest BCUT2D eigenvalue weighted by molar-refractivity contribution is 7.99. The van der Waals surface area contributed by atoms with Crippen LogP contribution in [-0.2, 0) is 0 Å². The summed E-state index contributed by atoms with van der Waals surface area (Å²) < 4.78 is 0. The third-order valence-corrected chi connectivity index (χ3v) is 4.43. The summed E-state index contributed by atoms with van der Waals surface area (Å²) in [6.45, 7) is 4.34. The lowest BCUT2D eigenvalue weighted by Gasteiger charge is -2.17. The molecule has 0 spiro atoms. The Morgan fingerprint density at radius 3 is 2.42 bits per heavy atom. The van der Waals surface area contributed by atoms with E-state index in [0.717, 1.165) is 5.92 Å². The fourth-order valence-electron chi connectivity index (χ4n) is 1.62. The fraction of sp³-hybridized carbons (Fsp3) is 1.00. The molecule has 1 saturated carbocycles. The Kier molecular flexibility index (Phi) is 4.44. The highest BCUT2D eigenvalue weighted by Crippen LogP contribution is 2.29. The molecule has 1 aliphatic carbocycles. The Morgan fingerprint density at radius 2 is 1.92 bits per heavy atom. The maximum atomic E-state index is 5.80. The van der Waals surface area contributed by atoms with Gasteiger partial charge in [-0.15, -0.1) is 0 Å². The standard InChI is InChI=1S/C10H21NS/c1-8(11)9(2)12-7-10-5-3-4-6-10/h8-10H,3-7,11H2,1-2H3. The minimum atomic E-state index is 0.344. The van der Waals surface area contributed by atoms with Gasteiger partial charge in [-0.3, -0.25) is 0 Å². The molecule has 1 rings (SSSR count). The van der Waals surface area contributed by atoms with E-state index < -0.39 is 0 Å². The third kappa shape index (κ3) is 3.36. The second-order valence-electron chi connectivity index (χ2n) is 4.05. The van der Waals surface area contributed by atoms with E-state index in [1.807, 2.05) is 0 Å². The van der Waals surface area contributed by atoms with Crippen molar-refractivity contribution < 1.29 is 0 Å². The molecule has 0 amide bonds. The number of rotatable bonds is 4. The summed E-state index contributed by atoms with van der Waals surface area (Å²) in [5, 5.41) is 0.630. The van der Waals surface area contributed by atoms with Crippen LogP contribution in [-0.4, -0.2) is 17.0 Å². The highest BCUT2D eigenvalue weighted by Gasteiger charge is 2.17. The van der Waals surface area contributed by atoms with E-state index in [1.54, 1.807) is 0 Å². The molecular formula is C10H21NS. The van der Waals surface area contributed by atoms with Gasteiger partial charge >= 0.3 is 0 Å². The molecule has 0 heterocycles. The number of nitrogens with two attached hydrogens (primary N) is 1. The minimum absolute atomic E-state index is 0.344. The molecule has 2 unspecified atom stereocenters. The van der Waals surface area contributed by atoms with Gasteiger partial charge < -0.3 is 5.73 Å². The lowest BCUT2D eigenvalue weighted by molar-refractivity contribution is 0.619. The van der Waals surface area contributed by atoms with Gasteiger partial charge in [0.05, 0.1) is 0 Å². The molecule has 1 aliphatic rings. The molecule has 72 valence electrons. The Bertz CT molecular complexity index is 117. The first-order valence-corrected chi connectivity index (χ1v) is 6.12. The zero-order valence-corrected chi connectivity index (χ0v) is 9.07. The van der Waals surface area contributed by atoms with Crippen LogP contribution in [0.1, 0.15) is 39.5 Å². The third-order valence-electron chi connectivity index (χ3n) is 2.81. The van der Waals surface area contributed by atoms with Crippen molar-refractivity contribution in [1.29, 1.82) is 0 Å². The summed E-state index contributed by atoms with van der Waals surface area (Å²) in [5.74, 6) is 2.33. The summed E-state index contributed by atoms with van der Waals surface area (Å²) in [5.41, 5.74) is 5.80. The zero-order chi connectivity index (χ0) is 8.97. The van der Waals surface area contributed by atoms with E-state index in [9.17, 15) is 0 Å². The molecule has 0 bridgehead atoms. The fourth-order valence-corrected chi connectivity index (χ4v) is 2.83. The van der Waals surface area contributed by atoms with E-state index in [0.29, 0.717) is 11.3 Å². The maximum Gasteiger partial charge on any atom is 0.0168 e. The Hall–Kier alpha value is 0.310. The molecule has 0 aliphatic heterocycles. The second kappa shape index (κ2) is 5.13. The van der Waals surface area contributed by atoms with Crippen molar-refractivity contribution in [2.45, 2.75) is 50.8 Å². The van der Waals surface area contributed by atoms with Crippen LogP contribution in [0.2, 0.25) is 0 Å². The topological polar surface area (TPSA) is 26.0 Å². The van der Waals surface area contributed by atoms with Gasteiger partial charge in [0, 0.05) is 11.3 Å². The second-order valence-corrected chi connectivity index (χ2v) is 5.46. The van der Waals surface area contributed by atoms with Gasteiger partial charge in [-0.05, 0) is 31.4 Å². The minimum Gasteiger partial charge on any atom is -0.327 e. The van der Waals surface area contributed by atoms with Gasteiger partial charge in [-0.1, -0.05) is 19.8 Å². The molecule has 2 N–H and O–H groups in total. The van der Waals surface area contributed by atoms with Crippen molar-refractivity contribution in [3.63, 3.8) is 0 Å². The molecule has 1 fully saturated rings. The maximum absolute atomic E-state index is 5.80. The molecule has 0 aromatic heterocycles. The van der Waals surface area contributed by atoms with Crippen LogP contribution in [0.15, 0.2) is 0 Å². The molecule has 0 aromatic carbocycles. The molecule has 2 atom stereocenters. The largest absolute Gasteiger partial charge is 0.327 e. The lowest BCUT2D eigenvalue weighted by atomic mass is 10.1. The smallest absolute Gasteiger partial charge is 0.0168 e. The normalized spacial score (nSPS) is 24.2. The van der Waals surface area contributed by atoms with E-state index in [2.05, 4.69) is 25.6 Å². The van der Waals surface area contributed by atoms with E-state index in [-0.39, 0.29) is 0 Å². The molecule has 12 heavy (non-hydrogen) atoms. The Balaban J connectivity index is 2.07. The monoisotopic (exact) mass is 187 g/mol. The summed E-state index contributed by atoms with van der Waals surface area (Å²) in [6.07, 6.45) is 5.83. The Morgan fingerprint density at radius 1 is 1.33 bits per heavy atom. The van der Waals surface area contributed by atoms with Gasteiger partial charge in [0.2, 0.25) is 0 Å². The quantitative estimate of drug-likeness (QED) is 0.732.